The average molecular weight is 463 g/mol. The van der Waals surface area contributed by atoms with Gasteiger partial charge in [-0.15, -0.1) is 0 Å². The van der Waals surface area contributed by atoms with Crippen LogP contribution in [0.5, 0.6) is 0 Å². The molecule has 0 spiro atoms. The lowest BCUT2D eigenvalue weighted by atomic mass is 10.0. The summed E-state index contributed by atoms with van der Waals surface area (Å²) in [5.74, 6) is -0.215. The molecule has 172 valence electrons. The van der Waals surface area contributed by atoms with E-state index in [1.807, 2.05) is 92.7 Å². The van der Waals surface area contributed by atoms with Crippen LogP contribution in [0.25, 0.3) is 0 Å². The van der Waals surface area contributed by atoms with E-state index in [0.717, 1.165) is 28.7 Å². The van der Waals surface area contributed by atoms with E-state index < -0.39 is 6.04 Å². The topological polar surface area (TPSA) is 49.4 Å². The Morgan fingerprint density at radius 2 is 1.52 bits per heavy atom. The van der Waals surface area contributed by atoms with Gasteiger partial charge < -0.3 is 10.2 Å². The minimum absolute atomic E-state index is 0.0821. The summed E-state index contributed by atoms with van der Waals surface area (Å²) in [7, 11) is 0. The number of nitrogens with zero attached hydrogens (tertiary/aromatic N) is 1. The quantitative estimate of drug-likeness (QED) is 0.441. The molecule has 0 radical (unpaired) electrons. The number of halogens is 1. The maximum atomic E-state index is 13.6. The predicted molar refractivity (Wildman–Crippen MR) is 134 cm³/mol. The maximum absolute atomic E-state index is 13.6. The van der Waals surface area contributed by atoms with Crippen LogP contribution in [0.15, 0.2) is 78.9 Å². The molecule has 3 aromatic rings. The number of benzene rings is 3. The zero-order valence-electron chi connectivity index (χ0n) is 19.3. The molecule has 0 aliphatic carbocycles. The van der Waals surface area contributed by atoms with E-state index in [1.165, 1.54) is 0 Å². The summed E-state index contributed by atoms with van der Waals surface area (Å²) >= 11 is 6.06. The Kier molecular flexibility index (Phi) is 9.08. The zero-order valence-corrected chi connectivity index (χ0v) is 20.0. The first-order chi connectivity index (χ1) is 16.0. The number of carbonyl (C=O) groups is 2. The average Bonchev–Trinajstić information content (AvgIpc) is 2.83. The van der Waals surface area contributed by atoms with Crippen LogP contribution in [0.1, 0.15) is 35.6 Å². The van der Waals surface area contributed by atoms with Crippen LogP contribution in [-0.4, -0.2) is 29.3 Å². The van der Waals surface area contributed by atoms with Gasteiger partial charge in [0.15, 0.2) is 0 Å². The van der Waals surface area contributed by atoms with Gasteiger partial charge in [-0.25, -0.2) is 0 Å². The molecule has 0 fully saturated rings. The number of hydrogen-bond donors (Lipinski definition) is 1. The number of rotatable bonds is 10. The fourth-order valence-electron chi connectivity index (χ4n) is 3.69. The monoisotopic (exact) mass is 462 g/mol. The van der Waals surface area contributed by atoms with Gasteiger partial charge >= 0.3 is 0 Å². The second-order valence-corrected chi connectivity index (χ2v) is 8.74. The Morgan fingerprint density at radius 3 is 2.15 bits per heavy atom. The van der Waals surface area contributed by atoms with Gasteiger partial charge in [-0.1, -0.05) is 90.8 Å². The molecule has 33 heavy (non-hydrogen) atoms. The van der Waals surface area contributed by atoms with Crippen LogP contribution in [0.2, 0.25) is 5.02 Å². The zero-order chi connectivity index (χ0) is 23.6. The van der Waals surface area contributed by atoms with Crippen molar-refractivity contribution >= 4 is 23.4 Å². The normalized spacial score (nSPS) is 11.6. The van der Waals surface area contributed by atoms with Crippen LogP contribution in [-0.2, 0) is 29.0 Å². The van der Waals surface area contributed by atoms with Gasteiger partial charge in [0.25, 0.3) is 0 Å². The molecular formula is C28H31ClN2O2. The maximum Gasteiger partial charge on any atom is 0.243 e. The highest BCUT2D eigenvalue weighted by atomic mass is 35.5. The Morgan fingerprint density at radius 1 is 0.879 bits per heavy atom. The first-order valence-corrected chi connectivity index (χ1v) is 11.7. The van der Waals surface area contributed by atoms with Crippen molar-refractivity contribution in [3.63, 3.8) is 0 Å². The van der Waals surface area contributed by atoms with E-state index in [2.05, 4.69) is 5.32 Å². The highest BCUT2D eigenvalue weighted by Gasteiger charge is 2.30. The van der Waals surface area contributed by atoms with E-state index in [-0.39, 0.29) is 18.2 Å². The Hall–Kier alpha value is -3.11. The molecule has 0 aromatic heterocycles. The fourth-order valence-corrected chi connectivity index (χ4v) is 3.81. The number of carbonyl (C=O) groups excluding carboxylic acids is 2. The smallest absolute Gasteiger partial charge is 0.243 e. The molecule has 0 saturated heterocycles. The van der Waals surface area contributed by atoms with Gasteiger partial charge in [0.05, 0.1) is 6.42 Å². The molecular weight excluding hydrogens is 432 g/mol. The largest absolute Gasteiger partial charge is 0.354 e. The van der Waals surface area contributed by atoms with Gasteiger partial charge in [0.2, 0.25) is 11.8 Å². The lowest BCUT2D eigenvalue weighted by Crippen LogP contribution is -2.51. The molecule has 3 rings (SSSR count). The Bertz CT molecular complexity index is 1030. The van der Waals surface area contributed by atoms with Crippen molar-refractivity contribution in [3.8, 4) is 0 Å². The molecule has 5 heteroatoms. The van der Waals surface area contributed by atoms with Gasteiger partial charge in [-0.2, -0.15) is 0 Å². The number of amides is 2. The molecule has 1 unspecified atom stereocenters. The van der Waals surface area contributed by atoms with E-state index in [4.69, 9.17) is 11.6 Å². The molecule has 0 heterocycles. The Balaban J connectivity index is 1.93. The molecule has 4 nitrogen and oxygen atoms in total. The van der Waals surface area contributed by atoms with Crippen molar-refractivity contribution < 1.29 is 9.59 Å². The van der Waals surface area contributed by atoms with Crippen molar-refractivity contribution in [2.24, 2.45) is 0 Å². The third-order valence-corrected chi connectivity index (χ3v) is 5.81. The third kappa shape index (κ3) is 7.47. The first-order valence-electron chi connectivity index (χ1n) is 11.4. The van der Waals surface area contributed by atoms with Crippen LogP contribution < -0.4 is 5.32 Å². The number of aryl methyl sites for hydroxylation is 1. The summed E-state index contributed by atoms with van der Waals surface area (Å²) in [6, 6.07) is 24.6. The van der Waals surface area contributed by atoms with Crippen molar-refractivity contribution in [1.29, 1.82) is 0 Å². The standard InChI is InChI=1S/C28H31ClN2O2/c1-3-17-30-28(33)26(18-22-7-5-4-6-8-22)31(20-24-13-15-25(29)16-14-24)27(32)19-23-11-9-21(2)10-12-23/h4-16,26H,3,17-20H2,1-2H3,(H,30,33). The van der Waals surface area contributed by atoms with Gasteiger partial charge in [0.1, 0.15) is 6.04 Å². The van der Waals surface area contributed by atoms with Gasteiger partial charge in [-0.05, 0) is 42.2 Å². The minimum Gasteiger partial charge on any atom is -0.354 e. The lowest BCUT2D eigenvalue weighted by Gasteiger charge is -2.31. The minimum atomic E-state index is -0.618. The highest BCUT2D eigenvalue weighted by Crippen LogP contribution is 2.18. The summed E-state index contributed by atoms with van der Waals surface area (Å²) < 4.78 is 0. The van der Waals surface area contributed by atoms with Gasteiger partial charge in [0, 0.05) is 24.5 Å². The molecule has 3 aromatic carbocycles. The van der Waals surface area contributed by atoms with Crippen LogP contribution in [0.4, 0.5) is 0 Å². The summed E-state index contributed by atoms with van der Waals surface area (Å²) in [6.45, 7) is 4.94. The highest BCUT2D eigenvalue weighted by molar-refractivity contribution is 6.30. The van der Waals surface area contributed by atoms with E-state index in [1.54, 1.807) is 4.90 Å². The Labute approximate surface area is 201 Å². The summed E-state index contributed by atoms with van der Waals surface area (Å²) in [5.41, 5.74) is 4.01. The summed E-state index contributed by atoms with van der Waals surface area (Å²) in [4.78, 5) is 28.6. The van der Waals surface area contributed by atoms with E-state index in [0.29, 0.717) is 24.5 Å². The van der Waals surface area contributed by atoms with Crippen LogP contribution in [0, 0.1) is 6.92 Å². The van der Waals surface area contributed by atoms with Crippen molar-refractivity contribution in [1.82, 2.24) is 10.2 Å². The van der Waals surface area contributed by atoms with E-state index in [9.17, 15) is 9.59 Å². The molecule has 1 atom stereocenters. The van der Waals surface area contributed by atoms with Crippen LogP contribution >= 0.6 is 11.6 Å². The number of nitrogens with one attached hydrogen (secondary N) is 1. The second kappa shape index (κ2) is 12.2. The first kappa shape index (κ1) is 24.5. The molecule has 0 bridgehead atoms. The predicted octanol–water partition coefficient (Wildman–Crippen LogP) is 5.36. The van der Waals surface area contributed by atoms with E-state index >= 15 is 0 Å². The van der Waals surface area contributed by atoms with Crippen molar-refractivity contribution in [2.45, 2.75) is 45.7 Å². The molecule has 0 aliphatic rings. The van der Waals surface area contributed by atoms with Crippen LogP contribution in [0.3, 0.4) is 0 Å². The lowest BCUT2D eigenvalue weighted by molar-refractivity contribution is -0.140. The van der Waals surface area contributed by atoms with Crippen molar-refractivity contribution in [2.75, 3.05) is 6.54 Å². The molecule has 1 N–H and O–H groups in total. The SMILES string of the molecule is CCCNC(=O)C(Cc1ccccc1)N(Cc1ccc(Cl)cc1)C(=O)Cc1ccc(C)cc1. The molecule has 0 aliphatic heterocycles. The molecule has 0 saturated carbocycles. The molecule has 2 amide bonds. The fraction of sp³-hybridized carbons (Fsp3) is 0.286. The summed E-state index contributed by atoms with van der Waals surface area (Å²) in [6.07, 6.45) is 1.52. The number of hydrogen-bond acceptors (Lipinski definition) is 2. The third-order valence-electron chi connectivity index (χ3n) is 5.56. The summed E-state index contributed by atoms with van der Waals surface area (Å²) in [5, 5.41) is 3.64. The second-order valence-electron chi connectivity index (χ2n) is 8.31. The van der Waals surface area contributed by atoms with Crippen molar-refractivity contribution in [3.05, 3.63) is 106 Å². The van der Waals surface area contributed by atoms with Gasteiger partial charge in [-0.3, -0.25) is 9.59 Å².